The fraction of sp³-hybridized carbons (Fsp3) is 0.312. The molecule has 23 heavy (non-hydrogen) atoms. The number of rotatable bonds is 2. The Hall–Kier alpha value is 0.640. The molecule has 1 heterocycles. The van der Waals surface area contributed by atoms with Gasteiger partial charge in [-0.1, -0.05) is 39.6 Å². The van der Waals surface area contributed by atoms with Gasteiger partial charge in [0, 0.05) is 82.4 Å². The summed E-state index contributed by atoms with van der Waals surface area (Å²) < 4.78 is 4.62. The summed E-state index contributed by atoms with van der Waals surface area (Å²) in [7, 11) is 1.36. The predicted molar refractivity (Wildman–Crippen MR) is 85.4 cm³/mol. The summed E-state index contributed by atoms with van der Waals surface area (Å²) in [5.74, 6) is -0.0856. The Labute approximate surface area is 202 Å². The average Bonchev–Trinajstić information content (AvgIpc) is 3.01. The topological polar surface area (TPSA) is 58.5 Å². The standard InChI is InChI=1S/C11H8N3O.2C2H6.CH3.U.V.Y/c1-15-10(12)11-13-7-9(14-11)8-5-3-2-4-6-8;2*1-2;;;;/h2-3,5-7H,1H3;2*1-2H3;1H3;;;/q-3;;;-1;;;. The van der Waals surface area contributed by atoms with Gasteiger partial charge >= 0.3 is 0 Å². The van der Waals surface area contributed by atoms with Crippen molar-refractivity contribution in [2.24, 2.45) is 0 Å². The summed E-state index contributed by atoms with van der Waals surface area (Å²) in [5.41, 5.74) is 1.59. The van der Waals surface area contributed by atoms with Crippen LogP contribution >= 0.6 is 0 Å². The number of hydrogen-bond acceptors (Lipinski definition) is 2. The first kappa shape index (κ1) is 34.9. The number of hydrogen-bond donors (Lipinski definition) is 0. The molecule has 1 aromatic carbocycles. The monoisotopic (exact) mass is 651 g/mol. The molecule has 124 valence electrons. The summed E-state index contributed by atoms with van der Waals surface area (Å²) in [5, 5.41) is 9.25. The molecule has 0 atom stereocenters. The summed E-state index contributed by atoms with van der Waals surface area (Å²) in [6.07, 6.45) is 1.58. The number of aromatic nitrogens is 2. The van der Waals surface area contributed by atoms with Crippen molar-refractivity contribution < 1.29 is 87.1 Å². The summed E-state index contributed by atoms with van der Waals surface area (Å²) in [4.78, 5) is 8.03. The molecular formula is C16H23N3OUVY-4. The van der Waals surface area contributed by atoms with Crippen LogP contribution in [0, 0.1) is 44.6 Å². The van der Waals surface area contributed by atoms with Gasteiger partial charge in [-0.2, -0.15) is 30.3 Å². The molecule has 0 unspecified atom stereocenters. The molecule has 7 heteroatoms. The van der Waals surface area contributed by atoms with Crippen molar-refractivity contribution in [1.82, 2.24) is 9.97 Å². The van der Waals surface area contributed by atoms with E-state index < -0.39 is 0 Å². The van der Waals surface area contributed by atoms with E-state index in [0.717, 1.165) is 5.56 Å². The first-order chi connectivity index (χ1) is 9.31. The van der Waals surface area contributed by atoms with E-state index in [-0.39, 0.29) is 102 Å². The van der Waals surface area contributed by atoms with Crippen LogP contribution in [0.4, 0.5) is 0 Å². The molecule has 0 aliphatic carbocycles. The molecule has 0 aliphatic rings. The van der Waals surface area contributed by atoms with Gasteiger partial charge in [-0.15, -0.1) is 5.56 Å². The number of methoxy groups -OCH3 is 1. The Morgan fingerprint density at radius 3 is 2.26 bits per heavy atom. The van der Waals surface area contributed by atoms with Crippen LogP contribution in [-0.2, 0) is 56.0 Å². The Kier molecular flexibility index (Phi) is 34.3. The van der Waals surface area contributed by atoms with Crippen LogP contribution < -0.4 is 4.98 Å². The van der Waals surface area contributed by atoms with Gasteiger partial charge in [-0.25, -0.2) is 0 Å². The van der Waals surface area contributed by atoms with Crippen molar-refractivity contribution in [1.29, 1.82) is 0 Å². The van der Waals surface area contributed by atoms with E-state index in [4.69, 9.17) is 0 Å². The minimum atomic E-state index is -0.277. The zero-order valence-corrected chi connectivity index (χ0v) is 23.1. The number of ether oxygens (including phenoxy) is 1. The Balaban J connectivity index is -0.000000126. The molecule has 0 saturated heterocycles. The quantitative estimate of drug-likeness (QED) is 0.281. The van der Waals surface area contributed by atoms with Crippen LogP contribution in [0.1, 0.15) is 33.5 Å². The maximum Gasteiger partial charge on any atom is 0.0747 e. The zero-order valence-electron chi connectivity index (χ0n) is 14.7. The molecule has 0 fully saturated rings. The molecule has 0 aliphatic heterocycles. The van der Waals surface area contributed by atoms with Gasteiger partial charge in [-0.3, -0.25) is 0 Å². The number of benzene rings is 1. The van der Waals surface area contributed by atoms with Crippen LogP contribution in [0.25, 0.3) is 16.7 Å². The third-order valence-electron chi connectivity index (χ3n) is 1.92. The van der Waals surface area contributed by atoms with Crippen molar-refractivity contribution in [3.8, 4) is 11.3 Å². The van der Waals surface area contributed by atoms with Crippen LogP contribution in [0.15, 0.2) is 30.5 Å². The number of imidazole rings is 1. The van der Waals surface area contributed by atoms with Crippen molar-refractivity contribution in [3.05, 3.63) is 55.2 Å². The molecule has 0 amide bonds. The zero-order chi connectivity index (χ0) is 14.7. The van der Waals surface area contributed by atoms with Gasteiger partial charge in [0.2, 0.25) is 0 Å². The molecule has 0 saturated carbocycles. The van der Waals surface area contributed by atoms with Gasteiger partial charge in [0.1, 0.15) is 0 Å². The fourth-order valence-electron chi connectivity index (χ4n) is 1.18. The van der Waals surface area contributed by atoms with Crippen molar-refractivity contribution in [2.75, 3.05) is 7.11 Å². The summed E-state index contributed by atoms with van der Waals surface area (Å²) >= 11 is 0. The van der Waals surface area contributed by atoms with E-state index in [1.807, 2.05) is 39.8 Å². The Morgan fingerprint density at radius 1 is 1.26 bits per heavy atom. The van der Waals surface area contributed by atoms with E-state index in [2.05, 4.69) is 20.8 Å². The molecule has 0 spiro atoms. The first-order valence-corrected chi connectivity index (χ1v) is 6.38. The minimum absolute atomic E-state index is 0. The third-order valence-corrected chi connectivity index (χ3v) is 1.92. The van der Waals surface area contributed by atoms with E-state index in [1.54, 1.807) is 18.3 Å². The maximum atomic E-state index is 9.25. The second-order valence-electron chi connectivity index (χ2n) is 2.88. The van der Waals surface area contributed by atoms with Gasteiger partial charge in [0.15, 0.2) is 0 Å². The van der Waals surface area contributed by atoms with Crippen LogP contribution in [0.2, 0.25) is 0 Å². The normalized spacial score (nSPS) is 7.00. The van der Waals surface area contributed by atoms with Crippen molar-refractivity contribution in [2.45, 2.75) is 27.7 Å². The van der Waals surface area contributed by atoms with Gasteiger partial charge in [-0.05, 0) is 11.7 Å². The van der Waals surface area contributed by atoms with Crippen LogP contribution in [0.3, 0.4) is 0 Å². The molecule has 2 aromatic rings. The van der Waals surface area contributed by atoms with Crippen LogP contribution in [0.5, 0.6) is 0 Å². The summed E-state index contributed by atoms with van der Waals surface area (Å²) in [6, 6.07) is 10.3. The molecule has 0 bridgehead atoms. The molecule has 0 N–H and O–H groups in total. The van der Waals surface area contributed by atoms with E-state index in [1.165, 1.54) is 7.11 Å². The average molecular weight is 651 g/mol. The second-order valence-corrected chi connectivity index (χ2v) is 2.88. The molecular weight excluding hydrogens is 628 g/mol. The smallest absolute Gasteiger partial charge is 0.0747 e. The molecule has 4 nitrogen and oxygen atoms in total. The predicted octanol–water partition coefficient (Wildman–Crippen LogP) is 3.97. The molecule has 2 rings (SSSR count). The SMILES string of the molecule is CC.CC.COC(=[N-])c1ncc(-c2c[c-]ccc2)[n-]1.[CH3-].[U].[V].[Y]. The van der Waals surface area contributed by atoms with E-state index in [0.29, 0.717) is 5.69 Å². The van der Waals surface area contributed by atoms with Crippen LogP contribution in [-0.4, -0.2) is 18.0 Å². The largest absolute Gasteiger partial charge is 0.772 e. The summed E-state index contributed by atoms with van der Waals surface area (Å²) in [6.45, 7) is 8.00. The maximum absolute atomic E-state index is 9.25. The number of nitrogens with zero attached hydrogens (tertiary/aromatic N) is 3. The third kappa shape index (κ3) is 12.6. The Morgan fingerprint density at radius 2 is 1.83 bits per heavy atom. The second kappa shape index (κ2) is 22.6. The Bertz CT molecular complexity index is 481. The molecule has 2 radical (unpaired) electrons. The van der Waals surface area contributed by atoms with E-state index in [9.17, 15) is 5.41 Å². The fourth-order valence-corrected chi connectivity index (χ4v) is 1.18. The van der Waals surface area contributed by atoms with E-state index >= 15 is 0 Å². The van der Waals surface area contributed by atoms with Gasteiger partial charge in [0.25, 0.3) is 0 Å². The molecule has 1 aromatic heterocycles. The van der Waals surface area contributed by atoms with Gasteiger partial charge < -0.3 is 27.5 Å². The van der Waals surface area contributed by atoms with Crippen molar-refractivity contribution >= 4 is 5.90 Å². The first-order valence-electron chi connectivity index (χ1n) is 6.38. The van der Waals surface area contributed by atoms with Crippen molar-refractivity contribution in [3.63, 3.8) is 0 Å². The van der Waals surface area contributed by atoms with Gasteiger partial charge in [0.05, 0.1) is 7.11 Å². The minimum Gasteiger partial charge on any atom is -0.772 e.